The molecule has 0 N–H and O–H groups in total. The Balaban J connectivity index is 2.37. The Labute approximate surface area is 91.0 Å². The molecule has 1 fully saturated rings. The third-order valence-corrected chi connectivity index (χ3v) is 3.13. The number of alkyl halides is 1. The SMILES string of the molecule is CN1CCC(N(C)C(=O)CCCl)CC1. The molecule has 4 heteroatoms. The highest BCUT2D eigenvalue weighted by Gasteiger charge is 2.23. The first-order chi connectivity index (χ1) is 6.65. The third kappa shape index (κ3) is 3.14. The van der Waals surface area contributed by atoms with Gasteiger partial charge in [-0.15, -0.1) is 11.6 Å². The molecule has 3 nitrogen and oxygen atoms in total. The van der Waals surface area contributed by atoms with E-state index < -0.39 is 0 Å². The summed E-state index contributed by atoms with van der Waals surface area (Å²) in [6.45, 7) is 2.17. The molecular weight excluding hydrogens is 200 g/mol. The lowest BCUT2D eigenvalue weighted by atomic mass is 10.0. The minimum Gasteiger partial charge on any atom is -0.343 e. The van der Waals surface area contributed by atoms with Crippen LogP contribution in [0.5, 0.6) is 0 Å². The van der Waals surface area contributed by atoms with Gasteiger partial charge in [0.25, 0.3) is 0 Å². The normalized spacial score (nSPS) is 19.6. The topological polar surface area (TPSA) is 23.6 Å². The van der Waals surface area contributed by atoms with E-state index in [4.69, 9.17) is 11.6 Å². The van der Waals surface area contributed by atoms with Crippen LogP contribution >= 0.6 is 11.6 Å². The fraction of sp³-hybridized carbons (Fsp3) is 0.900. The Morgan fingerprint density at radius 3 is 2.57 bits per heavy atom. The molecule has 1 amide bonds. The summed E-state index contributed by atoms with van der Waals surface area (Å²) in [5.41, 5.74) is 0. The van der Waals surface area contributed by atoms with Crippen LogP contribution in [0.25, 0.3) is 0 Å². The van der Waals surface area contributed by atoms with E-state index in [0.29, 0.717) is 18.3 Å². The predicted octanol–water partition coefficient (Wildman–Crippen LogP) is 1.17. The highest BCUT2D eigenvalue weighted by Crippen LogP contribution is 2.14. The Kier molecular flexibility index (Phi) is 4.69. The van der Waals surface area contributed by atoms with Crippen LogP contribution in [0.4, 0.5) is 0 Å². The molecule has 1 rings (SSSR count). The molecule has 82 valence electrons. The van der Waals surface area contributed by atoms with Crippen LogP contribution in [-0.4, -0.2) is 54.8 Å². The van der Waals surface area contributed by atoms with Gasteiger partial charge in [-0.05, 0) is 33.0 Å². The Morgan fingerprint density at radius 2 is 2.07 bits per heavy atom. The van der Waals surface area contributed by atoms with Gasteiger partial charge in [0.2, 0.25) is 5.91 Å². The summed E-state index contributed by atoms with van der Waals surface area (Å²) in [6, 6.07) is 0.418. The molecule has 1 aliphatic rings. The number of hydrogen-bond acceptors (Lipinski definition) is 2. The van der Waals surface area contributed by atoms with E-state index in [2.05, 4.69) is 11.9 Å². The standard InChI is InChI=1S/C10H19ClN2O/c1-12-7-4-9(5-8-12)13(2)10(14)3-6-11/h9H,3-8H2,1-2H3. The van der Waals surface area contributed by atoms with Crippen molar-refractivity contribution < 1.29 is 4.79 Å². The average Bonchev–Trinajstić information content (AvgIpc) is 2.18. The van der Waals surface area contributed by atoms with Crippen LogP contribution in [-0.2, 0) is 4.79 Å². The van der Waals surface area contributed by atoms with Crippen LogP contribution in [0.3, 0.4) is 0 Å². The van der Waals surface area contributed by atoms with E-state index in [1.807, 2.05) is 11.9 Å². The molecule has 0 aromatic carbocycles. The minimum absolute atomic E-state index is 0.176. The van der Waals surface area contributed by atoms with E-state index in [9.17, 15) is 4.79 Å². The van der Waals surface area contributed by atoms with Gasteiger partial charge in [0, 0.05) is 25.4 Å². The molecule has 0 aliphatic carbocycles. The van der Waals surface area contributed by atoms with Crippen molar-refractivity contribution in [3.05, 3.63) is 0 Å². The molecule has 0 unspecified atom stereocenters. The van der Waals surface area contributed by atoms with Crippen LogP contribution in [0.2, 0.25) is 0 Å². The largest absolute Gasteiger partial charge is 0.343 e. The molecule has 0 aromatic rings. The number of nitrogens with zero attached hydrogens (tertiary/aromatic N) is 2. The number of piperidine rings is 1. The molecule has 0 spiro atoms. The lowest BCUT2D eigenvalue weighted by Crippen LogP contribution is -2.44. The fourth-order valence-electron chi connectivity index (χ4n) is 1.84. The summed E-state index contributed by atoms with van der Waals surface area (Å²) in [5, 5.41) is 0. The van der Waals surface area contributed by atoms with Crippen molar-refractivity contribution in [1.29, 1.82) is 0 Å². The molecule has 14 heavy (non-hydrogen) atoms. The van der Waals surface area contributed by atoms with E-state index in [1.54, 1.807) is 0 Å². The van der Waals surface area contributed by atoms with E-state index in [1.165, 1.54) is 0 Å². The number of carbonyl (C=O) groups is 1. The highest BCUT2D eigenvalue weighted by atomic mass is 35.5. The van der Waals surface area contributed by atoms with Gasteiger partial charge in [-0.25, -0.2) is 0 Å². The number of amides is 1. The van der Waals surface area contributed by atoms with Crippen molar-refractivity contribution in [2.75, 3.05) is 33.1 Å². The van der Waals surface area contributed by atoms with Crippen molar-refractivity contribution in [3.63, 3.8) is 0 Å². The summed E-state index contributed by atoms with van der Waals surface area (Å²) in [4.78, 5) is 15.7. The zero-order chi connectivity index (χ0) is 10.6. The van der Waals surface area contributed by atoms with E-state index in [-0.39, 0.29) is 5.91 Å². The maximum Gasteiger partial charge on any atom is 0.223 e. The smallest absolute Gasteiger partial charge is 0.223 e. The fourth-order valence-corrected chi connectivity index (χ4v) is 2.00. The first kappa shape index (κ1) is 11.8. The van der Waals surface area contributed by atoms with Crippen LogP contribution in [0.15, 0.2) is 0 Å². The maximum atomic E-state index is 11.6. The molecule has 1 saturated heterocycles. The van der Waals surface area contributed by atoms with Crippen LogP contribution in [0, 0.1) is 0 Å². The van der Waals surface area contributed by atoms with Gasteiger partial charge in [-0.1, -0.05) is 0 Å². The Bertz CT molecular complexity index is 191. The van der Waals surface area contributed by atoms with Crippen molar-refractivity contribution in [2.24, 2.45) is 0 Å². The zero-order valence-corrected chi connectivity index (χ0v) is 9.76. The summed E-state index contributed by atoms with van der Waals surface area (Å²) in [6.07, 6.45) is 2.63. The van der Waals surface area contributed by atoms with Gasteiger partial charge in [-0.3, -0.25) is 4.79 Å². The zero-order valence-electron chi connectivity index (χ0n) is 9.00. The van der Waals surface area contributed by atoms with Gasteiger partial charge >= 0.3 is 0 Å². The summed E-state index contributed by atoms with van der Waals surface area (Å²) in [5.74, 6) is 0.602. The summed E-state index contributed by atoms with van der Waals surface area (Å²) in [7, 11) is 4.02. The highest BCUT2D eigenvalue weighted by molar-refractivity contribution is 6.18. The van der Waals surface area contributed by atoms with E-state index in [0.717, 1.165) is 25.9 Å². The average molecular weight is 219 g/mol. The van der Waals surface area contributed by atoms with Gasteiger partial charge in [0.1, 0.15) is 0 Å². The maximum absolute atomic E-state index is 11.6. The van der Waals surface area contributed by atoms with Gasteiger partial charge < -0.3 is 9.80 Å². The van der Waals surface area contributed by atoms with Crippen molar-refractivity contribution in [2.45, 2.75) is 25.3 Å². The third-order valence-electron chi connectivity index (χ3n) is 2.94. The van der Waals surface area contributed by atoms with E-state index >= 15 is 0 Å². The van der Waals surface area contributed by atoms with Gasteiger partial charge in [0.05, 0.1) is 0 Å². The molecule has 0 atom stereocenters. The molecule has 1 aliphatic heterocycles. The Morgan fingerprint density at radius 1 is 1.50 bits per heavy atom. The van der Waals surface area contributed by atoms with Gasteiger partial charge in [0.15, 0.2) is 0 Å². The number of halogens is 1. The minimum atomic E-state index is 0.176. The number of hydrogen-bond donors (Lipinski definition) is 0. The Hall–Kier alpha value is -0.280. The lowest BCUT2D eigenvalue weighted by molar-refractivity contribution is -0.132. The van der Waals surface area contributed by atoms with Crippen LogP contribution in [0.1, 0.15) is 19.3 Å². The second-order valence-corrected chi connectivity index (χ2v) is 4.36. The molecule has 1 heterocycles. The summed E-state index contributed by atoms with van der Waals surface area (Å²) < 4.78 is 0. The van der Waals surface area contributed by atoms with Crippen molar-refractivity contribution >= 4 is 17.5 Å². The second kappa shape index (κ2) is 5.56. The predicted molar refractivity (Wildman–Crippen MR) is 58.6 cm³/mol. The molecule has 0 aromatic heterocycles. The van der Waals surface area contributed by atoms with Gasteiger partial charge in [-0.2, -0.15) is 0 Å². The molecule has 0 radical (unpaired) electrons. The summed E-state index contributed by atoms with van der Waals surface area (Å²) >= 11 is 5.55. The number of carbonyl (C=O) groups excluding carboxylic acids is 1. The second-order valence-electron chi connectivity index (χ2n) is 3.98. The van der Waals surface area contributed by atoms with Crippen molar-refractivity contribution in [1.82, 2.24) is 9.80 Å². The number of likely N-dealkylation sites (tertiary alicyclic amines) is 1. The van der Waals surface area contributed by atoms with Crippen LogP contribution < -0.4 is 0 Å². The molecule has 0 saturated carbocycles. The first-order valence-corrected chi connectivity index (χ1v) is 5.68. The van der Waals surface area contributed by atoms with Crippen molar-refractivity contribution in [3.8, 4) is 0 Å². The number of rotatable bonds is 3. The molecule has 0 bridgehead atoms. The quantitative estimate of drug-likeness (QED) is 0.664. The first-order valence-electron chi connectivity index (χ1n) is 5.15. The monoisotopic (exact) mass is 218 g/mol. The molecular formula is C10H19ClN2O. The lowest BCUT2D eigenvalue weighted by Gasteiger charge is -2.35.